The zero-order valence-corrected chi connectivity index (χ0v) is 7.13. The minimum atomic E-state index is -0.787. The monoisotopic (exact) mass is 181 g/mol. The van der Waals surface area contributed by atoms with Gasteiger partial charge in [0.25, 0.3) is 0 Å². The average Bonchev–Trinajstić information content (AvgIpc) is 2.46. The van der Waals surface area contributed by atoms with Crippen LogP contribution in [0.25, 0.3) is 0 Å². The first-order valence-corrected chi connectivity index (χ1v) is 4.36. The number of hydrogen-bond donors (Lipinski definition) is 1. The van der Waals surface area contributed by atoms with E-state index >= 15 is 0 Å². The van der Waals surface area contributed by atoms with Crippen molar-refractivity contribution in [2.45, 2.75) is 25.3 Å². The molecule has 0 amide bonds. The molecule has 0 spiro atoms. The number of aromatic nitrogens is 3. The lowest BCUT2D eigenvalue weighted by Gasteiger charge is -2.31. The molecule has 5 heteroatoms. The average molecular weight is 181 g/mol. The maximum absolute atomic E-state index is 11.0. The number of carboxylic acids is 1. The molecule has 0 aromatic carbocycles. The number of carbonyl (C=O) groups is 1. The lowest BCUT2D eigenvalue weighted by molar-refractivity contribution is -0.143. The zero-order chi connectivity index (χ0) is 9.26. The first kappa shape index (κ1) is 8.22. The summed E-state index contributed by atoms with van der Waals surface area (Å²) in [6, 6.07) is -0.469. The fourth-order valence-corrected chi connectivity index (χ4v) is 1.68. The van der Waals surface area contributed by atoms with Gasteiger partial charge in [-0.05, 0) is 18.8 Å². The summed E-state index contributed by atoms with van der Waals surface area (Å²) in [7, 11) is 0. The van der Waals surface area contributed by atoms with Crippen molar-refractivity contribution in [3.8, 4) is 0 Å². The molecule has 1 atom stereocenters. The van der Waals surface area contributed by atoms with Crippen LogP contribution in [0.2, 0.25) is 0 Å². The van der Waals surface area contributed by atoms with Crippen LogP contribution in [0.3, 0.4) is 0 Å². The van der Waals surface area contributed by atoms with Crippen molar-refractivity contribution >= 4 is 5.97 Å². The minimum Gasteiger partial charge on any atom is -0.480 e. The molecular formula is C8H11N3O2. The van der Waals surface area contributed by atoms with E-state index in [-0.39, 0.29) is 5.92 Å². The van der Waals surface area contributed by atoms with Gasteiger partial charge in [0.05, 0.1) is 0 Å². The molecular weight excluding hydrogens is 170 g/mol. The van der Waals surface area contributed by atoms with Gasteiger partial charge in [-0.1, -0.05) is 6.42 Å². The lowest BCUT2D eigenvalue weighted by Crippen LogP contribution is -2.30. The Kier molecular flexibility index (Phi) is 2.00. The van der Waals surface area contributed by atoms with E-state index in [4.69, 9.17) is 5.11 Å². The normalized spacial score (nSPS) is 19.4. The van der Waals surface area contributed by atoms with E-state index in [0.717, 1.165) is 19.3 Å². The summed E-state index contributed by atoms with van der Waals surface area (Å²) < 4.78 is 1.58. The van der Waals surface area contributed by atoms with Crippen LogP contribution in [0.5, 0.6) is 0 Å². The standard InChI is InChI=1S/C8H11N3O2/c12-8(13)7(6-2-1-3-6)11-4-9-10-5-11/h4-7H,1-3H2,(H,12,13). The van der Waals surface area contributed by atoms with Gasteiger partial charge < -0.3 is 9.67 Å². The Morgan fingerprint density at radius 3 is 2.46 bits per heavy atom. The van der Waals surface area contributed by atoms with Gasteiger partial charge in [0, 0.05) is 0 Å². The van der Waals surface area contributed by atoms with E-state index < -0.39 is 12.0 Å². The molecule has 1 unspecified atom stereocenters. The van der Waals surface area contributed by atoms with Gasteiger partial charge in [0.1, 0.15) is 18.7 Å². The Labute approximate surface area is 75.4 Å². The quantitative estimate of drug-likeness (QED) is 0.745. The second-order valence-electron chi connectivity index (χ2n) is 3.38. The van der Waals surface area contributed by atoms with Crippen LogP contribution in [0.1, 0.15) is 25.3 Å². The summed E-state index contributed by atoms with van der Waals surface area (Å²) >= 11 is 0. The van der Waals surface area contributed by atoms with Crippen molar-refractivity contribution in [1.82, 2.24) is 14.8 Å². The van der Waals surface area contributed by atoms with Crippen LogP contribution in [0.15, 0.2) is 12.7 Å². The van der Waals surface area contributed by atoms with Crippen molar-refractivity contribution in [2.75, 3.05) is 0 Å². The van der Waals surface area contributed by atoms with Crippen molar-refractivity contribution in [3.05, 3.63) is 12.7 Å². The highest BCUT2D eigenvalue weighted by atomic mass is 16.4. The molecule has 1 aromatic rings. The third-order valence-corrected chi connectivity index (χ3v) is 2.61. The number of aliphatic carboxylic acids is 1. The molecule has 1 N–H and O–H groups in total. The molecule has 70 valence electrons. The van der Waals surface area contributed by atoms with E-state index in [9.17, 15) is 4.79 Å². The number of rotatable bonds is 3. The molecule has 2 rings (SSSR count). The molecule has 13 heavy (non-hydrogen) atoms. The minimum absolute atomic E-state index is 0.258. The molecule has 0 radical (unpaired) electrons. The van der Waals surface area contributed by atoms with Crippen LogP contribution in [-0.2, 0) is 4.79 Å². The molecule has 1 aliphatic rings. The summed E-state index contributed by atoms with van der Waals surface area (Å²) in [5.41, 5.74) is 0. The predicted octanol–water partition coefficient (Wildman–Crippen LogP) is 0.704. The predicted molar refractivity (Wildman–Crippen MR) is 44.0 cm³/mol. The topological polar surface area (TPSA) is 68.0 Å². The van der Waals surface area contributed by atoms with E-state index in [1.54, 1.807) is 4.57 Å². The van der Waals surface area contributed by atoms with Crippen LogP contribution < -0.4 is 0 Å². The fraction of sp³-hybridized carbons (Fsp3) is 0.625. The lowest BCUT2D eigenvalue weighted by atomic mass is 9.79. The molecule has 1 aromatic heterocycles. The molecule has 1 heterocycles. The highest BCUT2D eigenvalue weighted by molar-refractivity contribution is 5.72. The molecule has 1 fully saturated rings. The van der Waals surface area contributed by atoms with Gasteiger partial charge in [-0.3, -0.25) is 0 Å². The molecule has 0 saturated heterocycles. The highest BCUT2D eigenvalue weighted by Gasteiger charge is 2.33. The Hall–Kier alpha value is -1.39. The maximum atomic E-state index is 11.0. The summed E-state index contributed by atoms with van der Waals surface area (Å²) in [5, 5.41) is 16.2. The molecule has 1 saturated carbocycles. The third-order valence-electron chi connectivity index (χ3n) is 2.61. The fourth-order valence-electron chi connectivity index (χ4n) is 1.68. The van der Waals surface area contributed by atoms with E-state index in [1.165, 1.54) is 12.7 Å². The summed E-state index contributed by atoms with van der Waals surface area (Å²) in [6.07, 6.45) is 6.06. The maximum Gasteiger partial charge on any atom is 0.327 e. The molecule has 5 nitrogen and oxygen atoms in total. The van der Waals surface area contributed by atoms with Gasteiger partial charge in [-0.15, -0.1) is 10.2 Å². The van der Waals surface area contributed by atoms with E-state index in [1.807, 2.05) is 0 Å². The first-order chi connectivity index (χ1) is 6.29. The first-order valence-electron chi connectivity index (χ1n) is 4.36. The Morgan fingerprint density at radius 1 is 1.46 bits per heavy atom. The Balaban J connectivity index is 2.18. The van der Waals surface area contributed by atoms with Crippen LogP contribution in [0, 0.1) is 5.92 Å². The molecule has 0 aliphatic heterocycles. The zero-order valence-electron chi connectivity index (χ0n) is 7.13. The van der Waals surface area contributed by atoms with Crippen LogP contribution in [-0.4, -0.2) is 25.8 Å². The largest absolute Gasteiger partial charge is 0.480 e. The second-order valence-corrected chi connectivity index (χ2v) is 3.38. The van der Waals surface area contributed by atoms with Crippen molar-refractivity contribution < 1.29 is 9.90 Å². The molecule has 0 bridgehead atoms. The van der Waals surface area contributed by atoms with Crippen molar-refractivity contribution in [3.63, 3.8) is 0 Å². The van der Waals surface area contributed by atoms with Gasteiger partial charge in [0.2, 0.25) is 0 Å². The molecule has 1 aliphatic carbocycles. The van der Waals surface area contributed by atoms with E-state index in [2.05, 4.69) is 10.2 Å². The van der Waals surface area contributed by atoms with Crippen molar-refractivity contribution in [2.24, 2.45) is 5.92 Å². The van der Waals surface area contributed by atoms with Gasteiger partial charge in [0.15, 0.2) is 0 Å². The number of hydrogen-bond acceptors (Lipinski definition) is 3. The summed E-state index contributed by atoms with van der Waals surface area (Å²) in [6.45, 7) is 0. The highest BCUT2D eigenvalue weighted by Crippen LogP contribution is 2.36. The van der Waals surface area contributed by atoms with E-state index in [0.29, 0.717) is 0 Å². The Bertz CT molecular complexity index is 292. The van der Waals surface area contributed by atoms with Crippen LogP contribution >= 0.6 is 0 Å². The Morgan fingerprint density at radius 2 is 2.08 bits per heavy atom. The third kappa shape index (κ3) is 1.41. The summed E-state index contributed by atoms with van der Waals surface area (Å²) in [4.78, 5) is 11.0. The van der Waals surface area contributed by atoms with Gasteiger partial charge in [-0.2, -0.15) is 0 Å². The van der Waals surface area contributed by atoms with Gasteiger partial charge >= 0.3 is 5.97 Å². The summed E-state index contributed by atoms with van der Waals surface area (Å²) in [5.74, 6) is -0.530. The number of nitrogens with zero attached hydrogens (tertiary/aromatic N) is 3. The van der Waals surface area contributed by atoms with Crippen LogP contribution in [0.4, 0.5) is 0 Å². The SMILES string of the molecule is O=C(O)C(C1CCC1)n1cnnc1. The van der Waals surface area contributed by atoms with Gasteiger partial charge in [-0.25, -0.2) is 4.79 Å². The number of carboxylic acid groups (broad SMARTS) is 1. The second kappa shape index (κ2) is 3.16. The smallest absolute Gasteiger partial charge is 0.327 e. The van der Waals surface area contributed by atoms with Crippen molar-refractivity contribution in [1.29, 1.82) is 0 Å².